The van der Waals surface area contributed by atoms with Gasteiger partial charge in [0.05, 0.1) is 19.2 Å². The van der Waals surface area contributed by atoms with E-state index in [9.17, 15) is 29.1 Å². The molecule has 0 radical (unpaired) electrons. The van der Waals surface area contributed by atoms with Crippen molar-refractivity contribution >= 4 is 40.7 Å². The summed E-state index contributed by atoms with van der Waals surface area (Å²) in [6.07, 6.45) is 9.80. The number of ether oxygens (including phenoxy) is 3. The zero-order valence-corrected chi connectivity index (χ0v) is 27.9. The highest BCUT2D eigenvalue weighted by molar-refractivity contribution is 5.97. The second kappa shape index (κ2) is 14.4. The fraction of sp³-hybridized carbons (Fsp3) is 0.556. The van der Waals surface area contributed by atoms with E-state index in [-0.39, 0.29) is 36.4 Å². The molecule has 1 unspecified atom stereocenters. The number of aromatic carboxylic acids is 1. The molecule has 13 nitrogen and oxygen atoms in total. The number of aromatic nitrogens is 1. The van der Waals surface area contributed by atoms with Crippen LogP contribution in [-0.2, 0) is 23.9 Å². The third-order valence-corrected chi connectivity index (χ3v) is 10.2. The summed E-state index contributed by atoms with van der Waals surface area (Å²) in [5.74, 6) is -2.75. The highest BCUT2D eigenvalue weighted by Gasteiger charge is 2.62. The fourth-order valence-corrected chi connectivity index (χ4v) is 7.40. The van der Waals surface area contributed by atoms with Crippen LogP contribution >= 0.6 is 0 Å². The smallest absolute Gasteiger partial charge is 0.408 e. The molecular formula is C36H44N4O9. The van der Waals surface area contributed by atoms with Crippen LogP contribution in [0.2, 0.25) is 0 Å². The number of rotatable bonds is 6. The van der Waals surface area contributed by atoms with Crippen molar-refractivity contribution in [1.82, 2.24) is 20.5 Å². The first-order chi connectivity index (χ1) is 23.6. The highest BCUT2D eigenvalue weighted by Crippen LogP contribution is 2.46. The SMILES string of the molecule is COC(=O)[C@@]12CC1/C=C\CCCCC[C@H](NC(=O)OC1CCCC1)C(=O)N1C[C@H](Oc3cc(C(=O)O)nc4c(C)cccc34)C[C@H]1C(=O)N2. The number of allylic oxidation sites excluding steroid dienone is 1. The average Bonchev–Trinajstić information content (AvgIpc) is 3.36. The number of nitrogens with zero attached hydrogens (tertiary/aromatic N) is 2. The van der Waals surface area contributed by atoms with Crippen LogP contribution in [-0.4, -0.2) is 88.3 Å². The van der Waals surface area contributed by atoms with Crippen LogP contribution in [0.25, 0.3) is 10.9 Å². The Morgan fingerprint density at radius 2 is 1.84 bits per heavy atom. The van der Waals surface area contributed by atoms with Crippen LogP contribution in [0.1, 0.15) is 86.7 Å². The lowest BCUT2D eigenvalue weighted by Gasteiger charge is -2.29. The Labute approximate surface area is 284 Å². The molecule has 1 saturated heterocycles. The number of pyridine rings is 1. The zero-order chi connectivity index (χ0) is 34.7. The van der Waals surface area contributed by atoms with Crippen molar-refractivity contribution in [2.45, 2.75) is 107 Å². The highest BCUT2D eigenvalue weighted by atomic mass is 16.6. The minimum absolute atomic E-state index is 0.0145. The van der Waals surface area contributed by atoms with E-state index in [1.165, 1.54) is 18.1 Å². The zero-order valence-electron chi connectivity index (χ0n) is 27.9. The van der Waals surface area contributed by atoms with Crippen LogP contribution < -0.4 is 15.4 Å². The molecule has 2 aromatic rings. The molecule has 3 fully saturated rings. The summed E-state index contributed by atoms with van der Waals surface area (Å²) in [4.78, 5) is 72.2. The van der Waals surface area contributed by atoms with E-state index in [0.29, 0.717) is 30.2 Å². The minimum Gasteiger partial charge on any atom is -0.488 e. The van der Waals surface area contributed by atoms with Gasteiger partial charge in [-0.05, 0) is 69.9 Å². The first-order valence-corrected chi connectivity index (χ1v) is 17.2. The van der Waals surface area contributed by atoms with E-state index in [1.807, 2.05) is 31.2 Å². The van der Waals surface area contributed by atoms with Crippen LogP contribution in [0, 0.1) is 12.8 Å². The Morgan fingerprint density at radius 3 is 2.59 bits per heavy atom. The molecule has 1 aromatic carbocycles. The van der Waals surface area contributed by atoms with Crippen molar-refractivity contribution in [2.24, 2.45) is 5.92 Å². The number of carbonyl (C=O) groups excluding carboxylic acids is 4. The second-order valence-electron chi connectivity index (χ2n) is 13.6. The van der Waals surface area contributed by atoms with Crippen molar-refractivity contribution in [3.8, 4) is 5.75 Å². The molecule has 3 N–H and O–H groups in total. The Bertz CT molecular complexity index is 1650. The van der Waals surface area contributed by atoms with Crippen molar-refractivity contribution in [2.75, 3.05) is 13.7 Å². The lowest BCUT2D eigenvalue weighted by Crippen LogP contribution is -2.56. The molecule has 6 rings (SSSR count). The second-order valence-corrected chi connectivity index (χ2v) is 13.6. The van der Waals surface area contributed by atoms with Gasteiger partial charge in [-0.1, -0.05) is 37.1 Å². The number of amides is 3. The molecule has 3 amide bonds. The number of hydrogen-bond donors (Lipinski definition) is 3. The van der Waals surface area contributed by atoms with Crippen molar-refractivity contribution in [1.29, 1.82) is 0 Å². The van der Waals surface area contributed by atoms with E-state index < -0.39 is 53.6 Å². The van der Waals surface area contributed by atoms with Gasteiger partial charge in [-0.15, -0.1) is 0 Å². The third kappa shape index (κ3) is 7.35. The van der Waals surface area contributed by atoms with Crippen LogP contribution in [0.3, 0.4) is 0 Å². The van der Waals surface area contributed by atoms with Gasteiger partial charge < -0.3 is 34.9 Å². The molecule has 1 aromatic heterocycles. The van der Waals surface area contributed by atoms with Gasteiger partial charge in [-0.2, -0.15) is 0 Å². The minimum atomic E-state index is -1.24. The number of carboxylic acid groups (broad SMARTS) is 1. The van der Waals surface area contributed by atoms with E-state index in [1.54, 1.807) is 6.07 Å². The maximum atomic E-state index is 14.4. The molecule has 0 spiro atoms. The Balaban J connectivity index is 1.31. The van der Waals surface area contributed by atoms with Gasteiger partial charge in [0.15, 0.2) is 5.69 Å². The maximum absolute atomic E-state index is 14.4. The molecule has 0 bridgehead atoms. The summed E-state index contributed by atoms with van der Waals surface area (Å²) in [5.41, 5.74) is -0.208. The van der Waals surface area contributed by atoms with E-state index in [4.69, 9.17) is 14.2 Å². The monoisotopic (exact) mass is 676 g/mol. The predicted molar refractivity (Wildman–Crippen MR) is 177 cm³/mol. The number of nitrogens with one attached hydrogen (secondary N) is 2. The number of carbonyl (C=O) groups is 5. The van der Waals surface area contributed by atoms with Gasteiger partial charge in [0.1, 0.15) is 35.6 Å². The molecule has 5 atom stereocenters. The summed E-state index contributed by atoms with van der Waals surface area (Å²) in [7, 11) is 1.28. The van der Waals surface area contributed by atoms with Gasteiger partial charge in [-0.3, -0.25) is 9.59 Å². The third-order valence-electron chi connectivity index (χ3n) is 10.2. The summed E-state index contributed by atoms with van der Waals surface area (Å²) in [5, 5.41) is 16.1. The number of alkyl carbamates (subject to hydrolysis) is 1. The van der Waals surface area contributed by atoms with Crippen LogP contribution in [0.4, 0.5) is 4.79 Å². The lowest BCUT2D eigenvalue weighted by atomic mass is 10.0. The molecule has 4 aliphatic rings. The Morgan fingerprint density at radius 1 is 1.06 bits per heavy atom. The average molecular weight is 677 g/mol. The first kappa shape index (κ1) is 34.2. The van der Waals surface area contributed by atoms with E-state index in [2.05, 4.69) is 15.6 Å². The van der Waals surface area contributed by atoms with Gasteiger partial charge in [-0.25, -0.2) is 19.4 Å². The van der Waals surface area contributed by atoms with Gasteiger partial charge in [0, 0.05) is 23.8 Å². The number of hydrogen-bond acceptors (Lipinski definition) is 9. The van der Waals surface area contributed by atoms with Gasteiger partial charge in [0.25, 0.3) is 0 Å². The number of carboxylic acids is 1. The number of esters is 1. The summed E-state index contributed by atoms with van der Waals surface area (Å²) < 4.78 is 17.1. The van der Waals surface area contributed by atoms with Crippen molar-refractivity contribution < 1.29 is 43.3 Å². The maximum Gasteiger partial charge on any atom is 0.408 e. The number of para-hydroxylation sites is 1. The molecule has 13 heteroatoms. The summed E-state index contributed by atoms with van der Waals surface area (Å²) in [6.45, 7) is 1.81. The van der Waals surface area contributed by atoms with E-state index in [0.717, 1.165) is 50.5 Å². The quantitative estimate of drug-likeness (QED) is 0.297. The summed E-state index contributed by atoms with van der Waals surface area (Å²) in [6, 6.07) is 4.77. The summed E-state index contributed by atoms with van der Waals surface area (Å²) >= 11 is 0. The fourth-order valence-electron chi connectivity index (χ4n) is 7.40. The van der Waals surface area contributed by atoms with Crippen LogP contribution in [0.15, 0.2) is 36.4 Å². The largest absolute Gasteiger partial charge is 0.488 e. The Hall–Kier alpha value is -4.68. The number of fused-ring (bicyclic) bond motifs is 3. The number of benzene rings is 1. The molecule has 49 heavy (non-hydrogen) atoms. The van der Waals surface area contributed by atoms with Gasteiger partial charge >= 0.3 is 18.0 Å². The van der Waals surface area contributed by atoms with Crippen LogP contribution in [0.5, 0.6) is 5.75 Å². The Kier molecular flexibility index (Phi) is 10.1. The molecule has 2 aliphatic carbocycles. The van der Waals surface area contributed by atoms with E-state index >= 15 is 0 Å². The van der Waals surface area contributed by atoms with Crippen molar-refractivity contribution in [3.63, 3.8) is 0 Å². The first-order valence-electron chi connectivity index (χ1n) is 17.2. The molecule has 262 valence electrons. The van der Waals surface area contributed by atoms with Crippen molar-refractivity contribution in [3.05, 3.63) is 47.7 Å². The molecule has 2 saturated carbocycles. The molecular weight excluding hydrogens is 632 g/mol. The van der Waals surface area contributed by atoms with Gasteiger partial charge in [0.2, 0.25) is 11.8 Å². The number of aryl methyl sites for hydroxylation is 1. The molecule has 2 aliphatic heterocycles. The number of methoxy groups -OCH3 is 1. The standard InChI is InChI=1S/C36H44N4O9/c1-21-11-10-15-25-29(18-27(33(43)44)37-30(21)25)48-24-17-28-31(41)39-36(34(45)47-2)19-22(36)12-6-4-3-5-7-16-26(32(42)40(28)20-24)38-35(46)49-23-13-8-9-14-23/h6,10-12,15,18,22-24,26,28H,3-5,7-9,13-14,16-17,19-20H2,1-2H3,(H,38,46)(H,39,41)(H,43,44)/b12-6-/t22?,24-,26+,28+,36-/m1/s1. The predicted octanol–water partition coefficient (Wildman–Crippen LogP) is 4.20. The normalized spacial score (nSPS) is 28.3. The lowest BCUT2D eigenvalue weighted by molar-refractivity contribution is -0.148. The topological polar surface area (TPSA) is 173 Å². The molecule has 3 heterocycles.